The zero-order valence-corrected chi connectivity index (χ0v) is 17.7. The van der Waals surface area contributed by atoms with Crippen molar-refractivity contribution in [1.29, 1.82) is 0 Å². The summed E-state index contributed by atoms with van der Waals surface area (Å²) in [6.07, 6.45) is 1.48. The molecule has 1 N–H and O–H groups in total. The number of thioether (sulfide) groups is 1. The molecule has 1 aliphatic heterocycles. The number of rotatable bonds is 6. The maximum atomic E-state index is 12.6. The van der Waals surface area contributed by atoms with Crippen LogP contribution >= 0.6 is 27.7 Å². The number of halogens is 1. The Morgan fingerprint density at radius 2 is 2.04 bits per heavy atom. The second-order valence-electron chi connectivity index (χ2n) is 6.04. The summed E-state index contributed by atoms with van der Waals surface area (Å²) in [4.78, 5) is 26.2. The van der Waals surface area contributed by atoms with Crippen molar-refractivity contribution in [1.82, 2.24) is 4.90 Å². The van der Waals surface area contributed by atoms with E-state index >= 15 is 0 Å². The lowest BCUT2D eigenvalue weighted by molar-refractivity contribution is -0.123. The van der Waals surface area contributed by atoms with Gasteiger partial charge < -0.3 is 14.6 Å². The lowest BCUT2D eigenvalue weighted by Crippen LogP contribution is -2.32. The third kappa shape index (κ3) is 4.51. The molecule has 1 heterocycles. The van der Waals surface area contributed by atoms with Gasteiger partial charge >= 0.3 is 0 Å². The van der Waals surface area contributed by atoms with Crippen molar-refractivity contribution in [3.05, 3.63) is 56.9 Å². The molecule has 2 aromatic rings. The van der Waals surface area contributed by atoms with Gasteiger partial charge in [-0.15, -0.1) is 0 Å². The summed E-state index contributed by atoms with van der Waals surface area (Å²) in [5.41, 5.74) is 1.45. The molecule has 6 nitrogen and oxygen atoms in total. The summed E-state index contributed by atoms with van der Waals surface area (Å²) in [6, 6.07) is 10.8. The minimum absolute atomic E-state index is 0.0970. The molecule has 0 bridgehead atoms. The molecule has 2 amide bonds. The zero-order valence-electron chi connectivity index (χ0n) is 15.3. The number of phenols is 1. The van der Waals surface area contributed by atoms with Crippen LogP contribution in [0.1, 0.15) is 11.1 Å². The van der Waals surface area contributed by atoms with Crippen LogP contribution in [-0.4, -0.2) is 41.4 Å². The number of benzene rings is 2. The summed E-state index contributed by atoms with van der Waals surface area (Å²) < 4.78 is 11.4. The Kier molecular flexibility index (Phi) is 6.31. The molecule has 3 rings (SSSR count). The van der Waals surface area contributed by atoms with Gasteiger partial charge in [-0.2, -0.15) is 0 Å². The Morgan fingerprint density at radius 1 is 1.25 bits per heavy atom. The Labute approximate surface area is 175 Å². The Morgan fingerprint density at radius 3 is 2.75 bits per heavy atom. The number of ether oxygens (including phenoxy) is 2. The predicted octanol–water partition coefficient (Wildman–Crippen LogP) is 4.59. The van der Waals surface area contributed by atoms with Crippen molar-refractivity contribution in [2.75, 3.05) is 20.3 Å². The van der Waals surface area contributed by atoms with Crippen LogP contribution in [0.25, 0.3) is 6.08 Å². The van der Waals surface area contributed by atoms with Gasteiger partial charge in [0.2, 0.25) is 0 Å². The van der Waals surface area contributed by atoms with Crippen molar-refractivity contribution in [3.8, 4) is 17.2 Å². The Bertz CT molecular complexity index is 960. The van der Waals surface area contributed by atoms with Gasteiger partial charge in [0, 0.05) is 10.0 Å². The first-order chi connectivity index (χ1) is 13.4. The SMILES string of the molecule is COc1cc(Br)cc(/C=C2\SC(=O)N(CCOc3cccc(C)c3)C2=O)c1O. The number of methoxy groups -OCH3 is 1. The number of aromatic hydroxyl groups is 1. The van der Waals surface area contributed by atoms with Gasteiger partial charge in [-0.05, 0) is 54.6 Å². The number of hydrogen-bond acceptors (Lipinski definition) is 6. The van der Waals surface area contributed by atoms with E-state index in [1.807, 2.05) is 31.2 Å². The van der Waals surface area contributed by atoms with Gasteiger partial charge in [-0.3, -0.25) is 14.5 Å². The van der Waals surface area contributed by atoms with Gasteiger partial charge in [0.1, 0.15) is 12.4 Å². The molecule has 0 aromatic heterocycles. The summed E-state index contributed by atoms with van der Waals surface area (Å²) >= 11 is 4.16. The molecule has 2 aromatic carbocycles. The number of carbonyl (C=O) groups excluding carboxylic acids is 2. The van der Waals surface area contributed by atoms with Crippen LogP contribution in [-0.2, 0) is 4.79 Å². The van der Waals surface area contributed by atoms with E-state index in [-0.39, 0.29) is 34.8 Å². The molecule has 0 atom stereocenters. The fourth-order valence-corrected chi connectivity index (χ4v) is 3.96. The molecular weight excluding hydrogens is 446 g/mol. The van der Waals surface area contributed by atoms with Crippen LogP contribution in [0.3, 0.4) is 0 Å². The van der Waals surface area contributed by atoms with Crippen LogP contribution < -0.4 is 9.47 Å². The van der Waals surface area contributed by atoms with E-state index in [0.717, 1.165) is 22.2 Å². The fourth-order valence-electron chi connectivity index (χ4n) is 2.65. The van der Waals surface area contributed by atoms with E-state index in [1.54, 1.807) is 12.1 Å². The third-order valence-corrected chi connectivity index (χ3v) is 5.39. The van der Waals surface area contributed by atoms with Crippen molar-refractivity contribution < 1.29 is 24.2 Å². The number of imide groups is 1. The van der Waals surface area contributed by atoms with Gasteiger partial charge in [-0.1, -0.05) is 28.1 Å². The number of carbonyl (C=O) groups is 2. The number of nitrogens with zero attached hydrogens (tertiary/aromatic N) is 1. The van der Waals surface area contributed by atoms with Crippen molar-refractivity contribution >= 4 is 44.9 Å². The van der Waals surface area contributed by atoms with Gasteiger partial charge in [0.15, 0.2) is 11.5 Å². The number of aryl methyl sites for hydroxylation is 1. The first-order valence-electron chi connectivity index (χ1n) is 8.40. The molecule has 28 heavy (non-hydrogen) atoms. The van der Waals surface area contributed by atoms with E-state index in [1.165, 1.54) is 13.2 Å². The summed E-state index contributed by atoms with van der Waals surface area (Å²) in [5, 5.41) is 9.88. The summed E-state index contributed by atoms with van der Waals surface area (Å²) in [7, 11) is 1.44. The second-order valence-corrected chi connectivity index (χ2v) is 7.95. The highest BCUT2D eigenvalue weighted by Gasteiger charge is 2.35. The smallest absolute Gasteiger partial charge is 0.293 e. The highest BCUT2D eigenvalue weighted by molar-refractivity contribution is 9.10. The van der Waals surface area contributed by atoms with E-state index in [9.17, 15) is 14.7 Å². The third-order valence-electron chi connectivity index (χ3n) is 4.02. The van der Waals surface area contributed by atoms with Crippen molar-refractivity contribution in [2.45, 2.75) is 6.92 Å². The van der Waals surface area contributed by atoms with Crippen LogP contribution in [0.4, 0.5) is 4.79 Å². The summed E-state index contributed by atoms with van der Waals surface area (Å²) in [6.45, 7) is 2.30. The quantitative estimate of drug-likeness (QED) is 0.631. The monoisotopic (exact) mass is 463 g/mol. The molecule has 0 spiro atoms. The van der Waals surface area contributed by atoms with Crippen LogP contribution in [0.2, 0.25) is 0 Å². The Balaban J connectivity index is 1.71. The standard InChI is InChI=1S/C20H18BrNO5S/c1-12-4-3-5-15(8-12)27-7-6-22-19(24)17(28-20(22)25)10-13-9-14(21)11-16(26-2)18(13)23/h3-5,8-11,23H,6-7H2,1-2H3/b17-10-. The van der Waals surface area contributed by atoms with Gasteiger partial charge in [0.05, 0.1) is 18.6 Å². The highest BCUT2D eigenvalue weighted by atomic mass is 79.9. The molecule has 146 valence electrons. The molecule has 8 heteroatoms. The molecule has 0 unspecified atom stereocenters. The van der Waals surface area contributed by atoms with Crippen LogP contribution in [0.15, 0.2) is 45.8 Å². The minimum atomic E-state index is -0.416. The Hall–Kier alpha value is -2.45. The molecular formula is C20H18BrNO5S. The zero-order chi connectivity index (χ0) is 20.3. The molecule has 0 aliphatic carbocycles. The maximum Gasteiger partial charge on any atom is 0.293 e. The second kappa shape index (κ2) is 8.70. The summed E-state index contributed by atoms with van der Waals surface area (Å²) in [5.74, 6) is 0.446. The topological polar surface area (TPSA) is 76.1 Å². The van der Waals surface area contributed by atoms with E-state index < -0.39 is 5.91 Å². The average molecular weight is 464 g/mol. The normalized spacial score (nSPS) is 15.4. The molecule has 0 saturated carbocycles. The number of phenolic OH excluding ortho intramolecular Hbond substituents is 1. The van der Waals surface area contributed by atoms with Crippen LogP contribution in [0.5, 0.6) is 17.2 Å². The lowest BCUT2D eigenvalue weighted by Gasteiger charge is -2.13. The lowest BCUT2D eigenvalue weighted by atomic mass is 10.1. The van der Waals surface area contributed by atoms with E-state index in [2.05, 4.69) is 15.9 Å². The minimum Gasteiger partial charge on any atom is -0.504 e. The molecule has 1 fully saturated rings. The van der Waals surface area contributed by atoms with E-state index in [4.69, 9.17) is 9.47 Å². The first kappa shape index (κ1) is 20.3. The molecule has 0 radical (unpaired) electrons. The van der Waals surface area contributed by atoms with Crippen molar-refractivity contribution in [3.63, 3.8) is 0 Å². The van der Waals surface area contributed by atoms with Gasteiger partial charge in [-0.25, -0.2) is 0 Å². The number of hydrogen-bond donors (Lipinski definition) is 1. The van der Waals surface area contributed by atoms with Gasteiger partial charge in [0.25, 0.3) is 11.1 Å². The van der Waals surface area contributed by atoms with Crippen molar-refractivity contribution in [2.24, 2.45) is 0 Å². The average Bonchev–Trinajstić information content (AvgIpc) is 2.92. The number of amides is 2. The predicted molar refractivity (Wildman–Crippen MR) is 112 cm³/mol. The van der Waals surface area contributed by atoms with E-state index in [0.29, 0.717) is 15.8 Å². The first-order valence-corrected chi connectivity index (χ1v) is 10.0. The maximum absolute atomic E-state index is 12.6. The molecule has 1 aliphatic rings. The molecule has 1 saturated heterocycles. The largest absolute Gasteiger partial charge is 0.504 e. The van der Waals surface area contributed by atoms with Crippen LogP contribution in [0, 0.1) is 6.92 Å². The highest BCUT2D eigenvalue weighted by Crippen LogP contribution is 2.38. The fraction of sp³-hybridized carbons (Fsp3) is 0.200.